The average Bonchev–Trinajstić information content (AvgIpc) is 2.41. The van der Waals surface area contributed by atoms with Crippen LogP contribution in [0.15, 0.2) is 30.5 Å². The van der Waals surface area contributed by atoms with Crippen molar-refractivity contribution in [1.82, 2.24) is 4.98 Å². The van der Waals surface area contributed by atoms with Crippen molar-refractivity contribution in [1.29, 1.82) is 0 Å². The molecule has 4 nitrogen and oxygen atoms in total. The maximum Gasteiger partial charge on any atom is 0.0951 e. The van der Waals surface area contributed by atoms with Gasteiger partial charge in [0.2, 0.25) is 0 Å². The van der Waals surface area contributed by atoms with Crippen molar-refractivity contribution in [3.63, 3.8) is 0 Å². The largest absolute Gasteiger partial charge is 0.397 e. The molecular weight excluding hydrogens is 226 g/mol. The number of nitrogens with two attached hydrogens (primary N) is 1. The lowest BCUT2D eigenvalue weighted by Crippen LogP contribution is -2.24. The highest BCUT2D eigenvalue weighted by atomic mass is 16.5. The third-order valence-corrected chi connectivity index (χ3v) is 3.02. The molecule has 0 bridgehead atoms. The molecule has 1 heterocycles. The summed E-state index contributed by atoms with van der Waals surface area (Å²) in [7, 11) is 1.72. The number of hydrogen-bond acceptors (Lipinski definition) is 4. The van der Waals surface area contributed by atoms with Gasteiger partial charge in [-0.15, -0.1) is 0 Å². The fraction of sp³-hybridized carbons (Fsp3) is 0.357. The molecule has 2 aromatic rings. The topological polar surface area (TPSA) is 60.2 Å². The first-order valence-electron chi connectivity index (χ1n) is 6.15. The number of hydrogen-bond donors (Lipinski definition) is 2. The molecule has 0 saturated heterocycles. The molecule has 0 spiro atoms. The second-order valence-electron chi connectivity index (χ2n) is 4.31. The highest BCUT2D eigenvalue weighted by molar-refractivity contribution is 5.98. The van der Waals surface area contributed by atoms with E-state index in [1.807, 2.05) is 24.3 Å². The quantitative estimate of drug-likeness (QED) is 0.795. The van der Waals surface area contributed by atoms with E-state index in [9.17, 15) is 0 Å². The number of pyridine rings is 1. The van der Waals surface area contributed by atoms with Crippen molar-refractivity contribution in [2.24, 2.45) is 0 Å². The van der Waals surface area contributed by atoms with Gasteiger partial charge in [-0.1, -0.05) is 6.92 Å². The van der Waals surface area contributed by atoms with Gasteiger partial charge in [-0.05, 0) is 30.7 Å². The third kappa shape index (κ3) is 2.54. The molecule has 1 aromatic heterocycles. The van der Waals surface area contributed by atoms with Gasteiger partial charge in [0.15, 0.2) is 0 Å². The van der Waals surface area contributed by atoms with Crippen molar-refractivity contribution >= 4 is 22.3 Å². The van der Waals surface area contributed by atoms with Gasteiger partial charge in [0.05, 0.1) is 17.8 Å². The maximum atomic E-state index is 5.93. The van der Waals surface area contributed by atoms with Gasteiger partial charge in [-0.2, -0.15) is 0 Å². The van der Waals surface area contributed by atoms with Gasteiger partial charge >= 0.3 is 0 Å². The standard InChI is InChI=1S/C14H19N3O/c1-3-10(9-18-2)17-13-7-6-12(15)14-11(13)5-4-8-16-14/h4-8,10,17H,3,9,15H2,1-2H3. The summed E-state index contributed by atoms with van der Waals surface area (Å²) >= 11 is 0. The highest BCUT2D eigenvalue weighted by Gasteiger charge is 2.09. The van der Waals surface area contributed by atoms with Gasteiger partial charge in [0.25, 0.3) is 0 Å². The van der Waals surface area contributed by atoms with Crippen LogP contribution in [-0.2, 0) is 4.74 Å². The molecular formula is C14H19N3O. The zero-order valence-electron chi connectivity index (χ0n) is 10.8. The number of benzene rings is 1. The van der Waals surface area contributed by atoms with Crippen LogP contribution in [0.3, 0.4) is 0 Å². The Balaban J connectivity index is 2.36. The van der Waals surface area contributed by atoms with Crippen molar-refractivity contribution in [3.05, 3.63) is 30.5 Å². The predicted octanol–water partition coefficient (Wildman–Crippen LogP) is 2.65. The molecule has 18 heavy (non-hydrogen) atoms. The molecule has 3 N–H and O–H groups in total. The second-order valence-corrected chi connectivity index (χ2v) is 4.31. The maximum absolute atomic E-state index is 5.93. The van der Waals surface area contributed by atoms with Crippen LogP contribution >= 0.6 is 0 Å². The number of rotatable bonds is 5. The van der Waals surface area contributed by atoms with Crippen molar-refractivity contribution in [3.8, 4) is 0 Å². The lowest BCUT2D eigenvalue weighted by molar-refractivity contribution is 0.184. The molecule has 96 valence electrons. The fourth-order valence-electron chi connectivity index (χ4n) is 2.00. The zero-order chi connectivity index (χ0) is 13.0. The molecule has 0 aliphatic carbocycles. The summed E-state index contributed by atoms with van der Waals surface area (Å²) in [5.41, 5.74) is 8.53. The Kier molecular flexibility index (Phi) is 3.99. The SMILES string of the molecule is CCC(COC)Nc1ccc(N)c2ncccc12. The number of methoxy groups -OCH3 is 1. The Morgan fingerprint density at radius 3 is 2.94 bits per heavy atom. The molecule has 1 atom stereocenters. The molecule has 2 rings (SSSR count). The molecule has 0 aliphatic rings. The molecule has 0 aliphatic heterocycles. The molecule has 0 radical (unpaired) electrons. The molecule has 1 aromatic carbocycles. The Hall–Kier alpha value is -1.81. The van der Waals surface area contributed by atoms with Gasteiger partial charge in [0.1, 0.15) is 0 Å². The highest BCUT2D eigenvalue weighted by Crippen LogP contribution is 2.27. The van der Waals surface area contributed by atoms with Crippen LogP contribution in [0.4, 0.5) is 11.4 Å². The summed E-state index contributed by atoms with van der Waals surface area (Å²) < 4.78 is 5.20. The van der Waals surface area contributed by atoms with E-state index in [0.29, 0.717) is 18.3 Å². The Labute approximate surface area is 107 Å². The minimum Gasteiger partial charge on any atom is -0.397 e. The normalized spacial score (nSPS) is 12.6. The molecule has 0 saturated carbocycles. The van der Waals surface area contributed by atoms with E-state index >= 15 is 0 Å². The van der Waals surface area contributed by atoms with Crippen LogP contribution in [0, 0.1) is 0 Å². The van der Waals surface area contributed by atoms with E-state index in [0.717, 1.165) is 23.0 Å². The van der Waals surface area contributed by atoms with Crippen LogP contribution in [0.25, 0.3) is 10.9 Å². The number of fused-ring (bicyclic) bond motifs is 1. The number of anilines is 2. The number of nitrogens with zero attached hydrogens (tertiary/aromatic N) is 1. The monoisotopic (exact) mass is 245 g/mol. The Morgan fingerprint density at radius 1 is 1.39 bits per heavy atom. The number of aromatic nitrogens is 1. The first-order valence-corrected chi connectivity index (χ1v) is 6.15. The summed E-state index contributed by atoms with van der Waals surface area (Å²) in [6.45, 7) is 2.82. The average molecular weight is 245 g/mol. The van der Waals surface area contributed by atoms with E-state index in [1.54, 1.807) is 13.3 Å². The second kappa shape index (κ2) is 5.69. The minimum absolute atomic E-state index is 0.294. The molecule has 4 heteroatoms. The lowest BCUT2D eigenvalue weighted by atomic mass is 10.1. The van der Waals surface area contributed by atoms with E-state index in [2.05, 4.69) is 17.2 Å². The van der Waals surface area contributed by atoms with Crippen LogP contribution in [0.2, 0.25) is 0 Å². The number of ether oxygens (including phenoxy) is 1. The van der Waals surface area contributed by atoms with Crippen LogP contribution < -0.4 is 11.1 Å². The summed E-state index contributed by atoms with van der Waals surface area (Å²) in [6.07, 6.45) is 2.76. The number of nitrogens with one attached hydrogen (secondary N) is 1. The van der Waals surface area contributed by atoms with E-state index in [1.165, 1.54) is 0 Å². The van der Waals surface area contributed by atoms with E-state index in [-0.39, 0.29) is 0 Å². The number of nitrogen functional groups attached to an aromatic ring is 1. The summed E-state index contributed by atoms with van der Waals surface area (Å²) in [6, 6.07) is 8.13. The van der Waals surface area contributed by atoms with E-state index in [4.69, 9.17) is 10.5 Å². The van der Waals surface area contributed by atoms with Gasteiger partial charge in [-0.25, -0.2) is 0 Å². The summed E-state index contributed by atoms with van der Waals surface area (Å²) in [4.78, 5) is 4.32. The smallest absolute Gasteiger partial charge is 0.0951 e. The van der Waals surface area contributed by atoms with E-state index < -0.39 is 0 Å². The first-order chi connectivity index (χ1) is 8.76. The molecule has 1 unspecified atom stereocenters. The molecule has 0 fully saturated rings. The summed E-state index contributed by atoms with van der Waals surface area (Å²) in [5, 5.41) is 4.53. The molecule has 0 amide bonds. The van der Waals surface area contributed by atoms with Crippen LogP contribution in [0.5, 0.6) is 0 Å². The van der Waals surface area contributed by atoms with Gasteiger partial charge in [0, 0.05) is 30.4 Å². The van der Waals surface area contributed by atoms with Crippen LogP contribution in [0.1, 0.15) is 13.3 Å². The van der Waals surface area contributed by atoms with Gasteiger partial charge in [-0.3, -0.25) is 4.98 Å². The predicted molar refractivity (Wildman–Crippen MR) is 75.7 cm³/mol. The fourth-order valence-corrected chi connectivity index (χ4v) is 2.00. The lowest BCUT2D eigenvalue weighted by Gasteiger charge is -2.19. The van der Waals surface area contributed by atoms with Crippen molar-refractivity contribution in [2.45, 2.75) is 19.4 Å². The Bertz CT molecular complexity index is 527. The Morgan fingerprint density at radius 2 is 2.22 bits per heavy atom. The van der Waals surface area contributed by atoms with Crippen molar-refractivity contribution in [2.75, 3.05) is 24.8 Å². The van der Waals surface area contributed by atoms with Crippen molar-refractivity contribution < 1.29 is 4.74 Å². The van der Waals surface area contributed by atoms with Crippen LogP contribution in [-0.4, -0.2) is 24.7 Å². The first kappa shape index (κ1) is 12.6. The van der Waals surface area contributed by atoms with Gasteiger partial charge < -0.3 is 15.8 Å². The zero-order valence-corrected chi connectivity index (χ0v) is 10.8. The minimum atomic E-state index is 0.294. The summed E-state index contributed by atoms with van der Waals surface area (Å²) in [5.74, 6) is 0. The third-order valence-electron chi connectivity index (χ3n) is 3.02.